The van der Waals surface area contributed by atoms with Crippen LogP contribution in [0.4, 0.5) is 0 Å². The van der Waals surface area contributed by atoms with E-state index in [9.17, 15) is 9.59 Å². The molecule has 5 nitrogen and oxygen atoms in total. The fraction of sp³-hybridized carbons (Fsp3) is 0.353. The molecule has 0 saturated carbocycles. The number of amides is 2. The number of carbonyl (C=O) groups is 2. The first-order chi connectivity index (χ1) is 11.2. The van der Waals surface area contributed by atoms with Gasteiger partial charge in [-0.3, -0.25) is 9.59 Å². The minimum absolute atomic E-state index is 0.0658. The Bertz CT molecular complexity index is 748. The third-order valence-electron chi connectivity index (χ3n) is 3.02. The summed E-state index contributed by atoms with van der Waals surface area (Å²) in [7, 11) is 0. The summed E-state index contributed by atoms with van der Waals surface area (Å²) in [5.74, 6) is -0.523. The largest absolute Gasteiger partial charge is 0.350 e. The average Bonchev–Trinajstić information content (AvgIpc) is 2.86. The van der Waals surface area contributed by atoms with Crippen LogP contribution < -0.4 is 10.6 Å². The number of halogens is 1. The summed E-state index contributed by atoms with van der Waals surface area (Å²) in [6.07, 6.45) is 0. The molecular formula is C17H20ClN3O2S. The summed E-state index contributed by atoms with van der Waals surface area (Å²) >= 11 is 7.18. The first-order valence-corrected chi connectivity index (χ1v) is 8.68. The first kappa shape index (κ1) is 18.4. The van der Waals surface area contributed by atoms with Gasteiger partial charge in [0, 0.05) is 16.1 Å². The molecule has 24 heavy (non-hydrogen) atoms. The zero-order valence-corrected chi connectivity index (χ0v) is 15.6. The van der Waals surface area contributed by atoms with Crippen molar-refractivity contribution in [2.45, 2.75) is 33.2 Å². The maximum absolute atomic E-state index is 12.3. The van der Waals surface area contributed by atoms with Gasteiger partial charge < -0.3 is 10.6 Å². The van der Waals surface area contributed by atoms with Crippen LogP contribution in [0.25, 0.3) is 10.6 Å². The Morgan fingerprint density at radius 2 is 1.83 bits per heavy atom. The van der Waals surface area contributed by atoms with Crippen molar-refractivity contribution in [3.63, 3.8) is 0 Å². The molecule has 0 bridgehead atoms. The molecule has 128 valence electrons. The average molecular weight is 366 g/mol. The molecule has 2 rings (SSSR count). The summed E-state index contributed by atoms with van der Waals surface area (Å²) in [6.45, 7) is 7.37. The van der Waals surface area contributed by atoms with Crippen LogP contribution in [0.1, 0.15) is 36.1 Å². The molecule has 1 aromatic heterocycles. The van der Waals surface area contributed by atoms with Gasteiger partial charge in [-0.1, -0.05) is 23.7 Å². The van der Waals surface area contributed by atoms with Gasteiger partial charge >= 0.3 is 0 Å². The highest BCUT2D eigenvalue weighted by Crippen LogP contribution is 2.28. The van der Waals surface area contributed by atoms with Gasteiger partial charge in [-0.2, -0.15) is 0 Å². The van der Waals surface area contributed by atoms with Gasteiger partial charge in [0.15, 0.2) is 0 Å². The van der Waals surface area contributed by atoms with Gasteiger partial charge in [0.2, 0.25) is 5.91 Å². The maximum Gasteiger partial charge on any atom is 0.263 e. The van der Waals surface area contributed by atoms with E-state index in [1.54, 1.807) is 19.1 Å². The van der Waals surface area contributed by atoms with Crippen molar-refractivity contribution in [3.05, 3.63) is 39.9 Å². The summed E-state index contributed by atoms with van der Waals surface area (Å²) < 4.78 is 0. The highest BCUT2D eigenvalue weighted by molar-refractivity contribution is 7.17. The van der Waals surface area contributed by atoms with Crippen molar-refractivity contribution in [3.8, 4) is 10.6 Å². The molecule has 0 fully saturated rings. The van der Waals surface area contributed by atoms with E-state index in [0.29, 0.717) is 15.6 Å². The lowest BCUT2D eigenvalue weighted by Gasteiger charge is -2.20. The zero-order chi connectivity index (χ0) is 17.9. The van der Waals surface area contributed by atoms with Gasteiger partial charge in [0.25, 0.3) is 5.91 Å². The van der Waals surface area contributed by atoms with E-state index in [4.69, 9.17) is 11.6 Å². The highest BCUT2D eigenvalue weighted by Gasteiger charge is 2.18. The number of hydrogen-bond acceptors (Lipinski definition) is 4. The van der Waals surface area contributed by atoms with Gasteiger partial charge in [-0.25, -0.2) is 4.98 Å². The molecule has 0 aliphatic carbocycles. The number of benzene rings is 1. The number of aromatic nitrogens is 1. The lowest BCUT2D eigenvalue weighted by Crippen LogP contribution is -2.45. The van der Waals surface area contributed by atoms with Gasteiger partial charge in [-0.15, -0.1) is 11.3 Å². The van der Waals surface area contributed by atoms with E-state index >= 15 is 0 Å². The Morgan fingerprint density at radius 1 is 1.21 bits per heavy atom. The normalized spacial score (nSPS) is 11.2. The van der Waals surface area contributed by atoms with Gasteiger partial charge in [0.05, 0.1) is 12.2 Å². The van der Waals surface area contributed by atoms with Crippen LogP contribution in [0.5, 0.6) is 0 Å². The lowest BCUT2D eigenvalue weighted by molar-refractivity contribution is -0.121. The summed E-state index contributed by atoms with van der Waals surface area (Å²) in [6, 6.07) is 7.28. The molecule has 0 aliphatic rings. The zero-order valence-electron chi connectivity index (χ0n) is 14.1. The Labute approximate surface area is 150 Å². The third kappa shape index (κ3) is 5.04. The number of carbonyl (C=O) groups excluding carboxylic acids is 2. The molecule has 0 radical (unpaired) electrons. The molecule has 0 spiro atoms. The van der Waals surface area contributed by atoms with Crippen molar-refractivity contribution < 1.29 is 9.59 Å². The van der Waals surface area contributed by atoms with E-state index in [2.05, 4.69) is 15.6 Å². The summed E-state index contributed by atoms with van der Waals surface area (Å²) in [4.78, 5) is 29.0. The van der Waals surface area contributed by atoms with E-state index in [-0.39, 0.29) is 23.9 Å². The van der Waals surface area contributed by atoms with Gasteiger partial charge in [0.1, 0.15) is 9.88 Å². The van der Waals surface area contributed by atoms with Crippen molar-refractivity contribution >= 4 is 34.8 Å². The Hall–Kier alpha value is -1.92. The predicted octanol–water partition coefficient (Wildman–Crippen LogP) is 3.42. The summed E-state index contributed by atoms with van der Waals surface area (Å²) in [5.41, 5.74) is 1.21. The highest BCUT2D eigenvalue weighted by atomic mass is 35.5. The lowest BCUT2D eigenvalue weighted by atomic mass is 10.1. The molecule has 0 saturated heterocycles. The van der Waals surface area contributed by atoms with E-state index in [1.807, 2.05) is 32.9 Å². The molecule has 0 aliphatic heterocycles. The molecule has 2 N–H and O–H groups in total. The van der Waals surface area contributed by atoms with E-state index < -0.39 is 0 Å². The summed E-state index contributed by atoms with van der Waals surface area (Å²) in [5, 5.41) is 6.82. The number of hydrogen-bond donors (Lipinski definition) is 2. The van der Waals surface area contributed by atoms with Crippen LogP contribution in [-0.2, 0) is 4.79 Å². The molecule has 2 amide bonds. The third-order valence-corrected chi connectivity index (χ3v) is 4.48. The minimum atomic E-state index is -0.329. The standard InChI is InChI=1S/C17H20ClN3O2S/c1-10-14(15(23)19-9-13(22)21-17(2,3)4)24-16(20-10)11-5-7-12(18)8-6-11/h5-8H,9H2,1-4H3,(H,19,23)(H,21,22). The second-order valence-corrected chi connectivity index (χ2v) is 7.86. The Kier molecular flexibility index (Phi) is 5.62. The van der Waals surface area contributed by atoms with Crippen LogP contribution in [-0.4, -0.2) is 28.9 Å². The molecule has 0 atom stereocenters. The van der Waals surface area contributed by atoms with Crippen LogP contribution in [0, 0.1) is 6.92 Å². The van der Waals surface area contributed by atoms with E-state index in [1.165, 1.54) is 11.3 Å². The molecule has 1 heterocycles. The second kappa shape index (κ2) is 7.32. The predicted molar refractivity (Wildman–Crippen MR) is 97.5 cm³/mol. The smallest absolute Gasteiger partial charge is 0.263 e. The molecule has 7 heteroatoms. The molecule has 1 aromatic carbocycles. The molecular weight excluding hydrogens is 346 g/mol. The van der Waals surface area contributed by atoms with Crippen molar-refractivity contribution in [1.29, 1.82) is 0 Å². The maximum atomic E-state index is 12.3. The van der Waals surface area contributed by atoms with Crippen LogP contribution >= 0.6 is 22.9 Å². The quantitative estimate of drug-likeness (QED) is 0.872. The number of aryl methyl sites for hydroxylation is 1. The number of nitrogens with one attached hydrogen (secondary N) is 2. The van der Waals surface area contributed by atoms with Crippen molar-refractivity contribution in [2.75, 3.05) is 6.54 Å². The first-order valence-electron chi connectivity index (χ1n) is 7.48. The van der Waals surface area contributed by atoms with Crippen LogP contribution in [0.15, 0.2) is 24.3 Å². The van der Waals surface area contributed by atoms with Crippen molar-refractivity contribution in [2.24, 2.45) is 0 Å². The van der Waals surface area contributed by atoms with Crippen LogP contribution in [0.2, 0.25) is 5.02 Å². The van der Waals surface area contributed by atoms with E-state index in [0.717, 1.165) is 10.6 Å². The Balaban J connectivity index is 2.05. The number of thiazole rings is 1. The minimum Gasteiger partial charge on any atom is -0.350 e. The monoisotopic (exact) mass is 365 g/mol. The topological polar surface area (TPSA) is 71.1 Å². The fourth-order valence-electron chi connectivity index (χ4n) is 2.03. The Morgan fingerprint density at radius 3 is 2.42 bits per heavy atom. The fourth-order valence-corrected chi connectivity index (χ4v) is 3.14. The molecule has 2 aromatic rings. The van der Waals surface area contributed by atoms with Gasteiger partial charge in [-0.05, 0) is 39.8 Å². The molecule has 0 unspecified atom stereocenters. The van der Waals surface area contributed by atoms with Crippen LogP contribution in [0.3, 0.4) is 0 Å². The number of nitrogens with zero attached hydrogens (tertiary/aromatic N) is 1. The van der Waals surface area contributed by atoms with Crippen molar-refractivity contribution in [1.82, 2.24) is 15.6 Å². The second-order valence-electron chi connectivity index (χ2n) is 6.42. The number of rotatable bonds is 4. The SMILES string of the molecule is Cc1nc(-c2ccc(Cl)cc2)sc1C(=O)NCC(=O)NC(C)(C)C.